The first-order valence-corrected chi connectivity index (χ1v) is 10.2. The first-order chi connectivity index (χ1) is 11.9. The molecule has 0 saturated heterocycles. The second-order valence-electron chi connectivity index (χ2n) is 5.55. The molecule has 3 N–H and O–H groups in total. The van der Waals surface area contributed by atoms with Gasteiger partial charge in [0.2, 0.25) is 10.0 Å². The number of rotatable bonds is 10. The smallest absolute Gasteiger partial charge is 0.211 e. The van der Waals surface area contributed by atoms with Crippen molar-refractivity contribution in [3.8, 4) is 5.75 Å². The molecule has 7 nitrogen and oxygen atoms in total. The van der Waals surface area contributed by atoms with Crippen molar-refractivity contribution in [2.24, 2.45) is 4.99 Å². The van der Waals surface area contributed by atoms with Crippen molar-refractivity contribution in [3.63, 3.8) is 0 Å². The highest BCUT2D eigenvalue weighted by Gasteiger charge is 2.06. The lowest BCUT2D eigenvalue weighted by Gasteiger charge is -2.15. The standard InChI is InChI=1S/C17H30N4O3S/c1-5-24-16-12-14(3)8-9-15(16)13-20-17(18-4)19-10-7-11-21-25(22,23)6-2/h8-9,12,21H,5-7,10-11,13H2,1-4H3,(H2,18,19,20). The van der Waals surface area contributed by atoms with E-state index in [1.807, 2.05) is 26.0 Å². The average Bonchev–Trinajstić information content (AvgIpc) is 2.59. The monoisotopic (exact) mass is 370 g/mol. The second kappa shape index (κ2) is 10.9. The molecular weight excluding hydrogens is 340 g/mol. The molecule has 0 aliphatic carbocycles. The Kier molecular flexibility index (Phi) is 9.30. The fraction of sp³-hybridized carbons (Fsp3) is 0.588. The number of ether oxygens (including phenoxy) is 1. The zero-order chi connectivity index (χ0) is 18.7. The topological polar surface area (TPSA) is 91.8 Å². The van der Waals surface area contributed by atoms with Crippen LogP contribution in [0.5, 0.6) is 5.75 Å². The summed E-state index contributed by atoms with van der Waals surface area (Å²) in [5.74, 6) is 1.64. The number of guanidine groups is 1. The zero-order valence-electron chi connectivity index (χ0n) is 15.6. The molecule has 0 bridgehead atoms. The summed E-state index contributed by atoms with van der Waals surface area (Å²) >= 11 is 0. The number of nitrogens with zero attached hydrogens (tertiary/aromatic N) is 1. The Morgan fingerprint density at radius 2 is 1.96 bits per heavy atom. The minimum absolute atomic E-state index is 0.0996. The van der Waals surface area contributed by atoms with Crippen molar-refractivity contribution >= 4 is 16.0 Å². The van der Waals surface area contributed by atoms with E-state index in [-0.39, 0.29) is 5.75 Å². The third-order valence-electron chi connectivity index (χ3n) is 3.54. The molecule has 8 heteroatoms. The van der Waals surface area contributed by atoms with Gasteiger partial charge in [0.1, 0.15) is 5.75 Å². The van der Waals surface area contributed by atoms with Gasteiger partial charge in [0.15, 0.2) is 5.96 Å². The molecule has 142 valence electrons. The van der Waals surface area contributed by atoms with Gasteiger partial charge in [-0.15, -0.1) is 0 Å². The molecule has 0 spiro atoms. The molecule has 1 aromatic carbocycles. The lowest BCUT2D eigenvalue weighted by Crippen LogP contribution is -2.38. The van der Waals surface area contributed by atoms with E-state index < -0.39 is 10.0 Å². The molecule has 0 fully saturated rings. The quantitative estimate of drug-likeness (QED) is 0.329. The van der Waals surface area contributed by atoms with Crippen LogP contribution >= 0.6 is 0 Å². The first-order valence-electron chi connectivity index (χ1n) is 8.56. The van der Waals surface area contributed by atoms with E-state index >= 15 is 0 Å². The van der Waals surface area contributed by atoms with Gasteiger partial charge in [0, 0.05) is 32.2 Å². The molecule has 0 saturated carbocycles. The largest absolute Gasteiger partial charge is 0.494 e. The molecule has 25 heavy (non-hydrogen) atoms. The lowest BCUT2D eigenvalue weighted by molar-refractivity contribution is 0.336. The van der Waals surface area contributed by atoms with E-state index in [0.717, 1.165) is 16.9 Å². The summed E-state index contributed by atoms with van der Waals surface area (Å²) < 4.78 is 30.9. The van der Waals surface area contributed by atoms with E-state index in [1.54, 1.807) is 14.0 Å². The summed E-state index contributed by atoms with van der Waals surface area (Å²) in [5.41, 5.74) is 2.22. The molecule has 0 unspecified atom stereocenters. The van der Waals surface area contributed by atoms with E-state index in [4.69, 9.17) is 4.74 Å². The highest BCUT2D eigenvalue weighted by molar-refractivity contribution is 7.89. The maximum atomic E-state index is 11.3. The van der Waals surface area contributed by atoms with Crippen molar-refractivity contribution in [3.05, 3.63) is 29.3 Å². The maximum Gasteiger partial charge on any atom is 0.211 e. The predicted molar refractivity (Wildman–Crippen MR) is 103 cm³/mol. The van der Waals surface area contributed by atoms with Crippen LogP contribution in [0.15, 0.2) is 23.2 Å². The van der Waals surface area contributed by atoms with Gasteiger partial charge in [-0.25, -0.2) is 13.1 Å². The number of aryl methyl sites for hydroxylation is 1. The van der Waals surface area contributed by atoms with Gasteiger partial charge in [-0.3, -0.25) is 4.99 Å². The van der Waals surface area contributed by atoms with E-state index in [1.165, 1.54) is 0 Å². The number of hydrogen-bond acceptors (Lipinski definition) is 4. The summed E-state index contributed by atoms with van der Waals surface area (Å²) in [5, 5.41) is 6.41. The maximum absolute atomic E-state index is 11.3. The van der Waals surface area contributed by atoms with Crippen LogP contribution in [-0.4, -0.2) is 46.9 Å². The number of benzene rings is 1. The molecule has 0 radical (unpaired) electrons. The Hall–Kier alpha value is -1.80. The van der Waals surface area contributed by atoms with Crippen molar-refractivity contribution in [2.75, 3.05) is 32.5 Å². The number of hydrogen-bond donors (Lipinski definition) is 3. The van der Waals surface area contributed by atoms with Crippen LogP contribution in [0.1, 0.15) is 31.4 Å². The van der Waals surface area contributed by atoms with Crippen LogP contribution in [0.25, 0.3) is 0 Å². The van der Waals surface area contributed by atoms with Crippen LogP contribution < -0.4 is 20.1 Å². The summed E-state index contributed by atoms with van der Waals surface area (Å²) in [4.78, 5) is 4.17. The molecule has 0 atom stereocenters. The summed E-state index contributed by atoms with van der Waals surface area (Å²) in [7, 11) is -1.42. The Morgan fingerprint density at radius 3 is 2.60 bits per heavy atom. The molecular formula is C17H30N4O3S. The normalized spacial score (nSPS) is 12.1. The van der Waals surface area contributed by atoms with Crippen LogP contribution in [0, 0.1) is 6.92 Å². The van der Waals surface area contributed by atoms with Crippen LogP contribution in [0.2, 0.25) is 0 Å². The van der Waals surface area contributed by atoms with Gasteiger partial charge >= 0.3 is 0 Å². The Labute approximate surface area is 151 Å². The molecule has 0 aromatic heterocycles. The minimum Gasteiger partial charge on any atom is -0.494 e. The summed E-state index contributed by atoms with van der Waals surface area (Å²) in [6.45, 7) is 7.87. The van der Waals surface area contributed by atoms with Crippen LogP contribution in [-0.2, 0) is 16.6 Å². The minimum atomic E-state index is -3.12. The van der Waals surface area contributed by atoms with Crippen molar-refractivity contribution in [2.45, 2.75) is 33.7 Å². The SMILES string of the molecule is CCOc1cc(C)ccc1CNC(=NC)NCCCNS(=O)(=O)CC. The number of nitrogens with one attached hydrogen (secondary N) is 3. The van der Waals surface area contributed by atoms with Crippen LogP contribution in [0.4, 0.5) is 0 Å². The fourth-order valence-corrected chi connectivity index (χ4v) is 2.78. The summed E-state index contributed by atoms with van der Waals surface area (Å²) in [6.07, 6.45) is 0.675. The van der Waals surface area contributed by atoms with Gasteiger partial charge in [0.05, 0.1) is 12.4 Å². The average molecular weight is 371 g/mol. The first kappa shape index (κ1) is 21.2. The molecule has 0 aliphatic heterocycles. The van der Waals surface area contributed by atoms with Gasteiger partial charge in [-0.2, -0.15) is 0 Å². The van der Waals surface area contributed by atoms with Gasteiger partial charge < -0.3 is 15.4 Å². The Morgan fingerprint density at radius 1 is 1.20 bits per heavy atom. The molecule has 0 amide bonds. The highest BCUT2D eigenvalue weighted by atomic mass is 32.2. The third kappa shape index (κ3) is 8.22. The van der Waals surface area contributed by atoms with Crippen molar-refractivity contribution in [1.29, 1.82) is 0 Å². The molecule has 0 heterocycles. The van der Waals surface area contributed by atoms with E-state index in [9.17, 15) is 8.42 Å². The highest BCUT2D eigenvalue weighted by Crippen LogP contribution is 2.20. The van der Waals surface area contributed by atoms with Crippen molar-refractivity contribution < 1.29 is 13.2 Å². The Bertz CT molecular complexity index is 660. The Balaban J connectivity index is 2.42. The fourth-order valence-electron chi connectivity index (χ4n) is 2.12. The van der Waals surface area contributed by atoms with E-state index in [2.05, 4.69) is 26.4 Å². The molecule has 1 aromatic rings. The van der Waals surface area contributed by atoms with Gasteiger partial charge in [0.25, 0.3) is 0 Å². The van der Waals surface area contributed by atoms with Crippen LogP contribution in [0.3, 0.4) is 0 Å². The van der Waals surface area contributed by atoms with Crippen molar-refractivity contribution in [1.82, 2.24) is 15.4 Å². The number of aliphatic imine (C=N–C) groups is 1. The van der Waals surface area contributed by atoms with E-state index in [0.29, 0.717) is 38.6 Å². The number of sulfonamides is 1. The van der Waals surface area contributed by atoms with Gasteiger partial charge in [-0.05, 0) is 38.8 Å². The second-order valence-corrected chi connectivity index (χ2v) is 7.64. The summed E-state index contributed by atoms with van der Waals surface area (Å²) in [6, 6.07) is 6.12. The predicted octanol–water partition coefficient (Wildman–Crippen LogP) is 1.39. The zero-order valence-corrected chi connectivity index (χ0v) is 16.4. The van der Waals surface area contributed by atoms with Gasteiger partial charge in [-0.1, -0.05) is 12.1 Å². The lowest BCUT2D eigenvalue weighted by atomic mass is 10.1. The molecule has 0 aliphatic rings. The third-order valence-corrected chi connectivity index (χ3v) is 4.94. The molecule has 1 rings (SSSR count).